The summed E-state index contributed by atoms with van der Waals surface area (Å²) >= 11 is 6.15. The molecule has 1 aromatic carbocycles. The third kappa shape index (κ3) is 2.57. The van der Waals surface area contributed by atoms with Crippen LogP contribution in [0.4, 0.5) is 0 Å². The second kappa shape index (κ2) is 5.61. The first kappa shape index (κ1) is 13.6. The Hall–Kier alpha value is -1.07. The summed E-state index contributed by atoms with van der Waals surface area (Å²) in [5, 5.41) is 5.69. The van der Waals surface area contributed by atoms with E-state index in [4.69, 9.17) is 21.1 Å². The lowest BCUT2D eigenvalue weighted by atomic mass is 9.92. The van der Waals surface area contributed by atoms with Gasteiger partial charge in [-0.25, -0.2) is 0 Å². The molecule has 0 spiro atoms. The fraction of sp³-hybridized carbons (Fsp3) is 0.500. The van der Waals surface area contributed by atoms with Gasteiger partial charge in [-0.15, -0.1) is 0 Å². The molecule has 21 heavy (non-hydrogen) atoms. The van der Waals surface area contributed by atoms with Crippen LogP contribution in [0.3, 0.4) is 0 Å². The average molecular weight is 307 g/mol. The molecule has 2 aliphatic rings. The Labute approximate surface area is 128 Å². The highest BCUT2D eigenvalue weighted by Crippen LogP contribution is 2.34. The maximum atomic E-state index is 6.15. The highest BCUT2D eigenvalue weighted by atomic mass is 35.5. The molecule has 3 heterocycles. The molecule has 2 N–H and O–H groups in total. The van der Waals surface area contributed by atoms with Crippen LogP contribution < -0.4 is 5.32 Å². The van der Waals surface area contributed by atoms with Crippen LogP contribution >= 0.6 is 11.6 Å². The molecule has 2 aliphatic heterocycles. The molecular weight excluding hydrogens is 288 g/mol. The number of aromatic nitrogens is 1. The number of aromatic amines is 1. The van der Waals surface area contributed by atoms with E-state index in [1.54, 1.807) is 0 Å². The molecule has 1 fully saturated rings. The van der Waals surface area contributed by atoms with E-state index in [0.717, 1.165) is 37.6 Å². The van der Waals surface area contributed by atoms with E-state index in [1.807, 2.05) is 6.07 Å². The lowest BCUT2D eigenvalue weighted by molar-refractivity contribution is -0.128. The number of hydrogen-bond donors (Lipinski definition) is 2. The second-order valence-electron chi connectivity index (χ2n) is 5.93. The first-order chi connectivity index (χ1) is 10.3. The van der Waals surface area contributed by atoms with E-state index in [9.17, 15) is 0 Å². The Morgan fingerprint density at radius 3 is 2.95 bits per heavy atom. The van der Waals surface area contributed by atoms with Crippen LogP contribution in [0.2, 0.25) is 5.02 Å². The number of rotatable bonds is 2. The molecule has 1 saturated heterocycles. The number of benzene rings is 1. The van der Waals surface area contributed by atoms with Crippen molar-refractivity contribution in [3.8, 4) is 0 Å². The third-order valence-electron chi connectivity index (χ3n) is 4.46. The van der Waals surface area contributed by atoms with Crippen molar-refractivity contribution in [2.75, 3.05) is 26.6 Å². The maximum absolute atomic E-state index is 6.15. The summed E-state index contributed by atoms with van der Waals surface area (Å²) in [5.74, 6) is 0.456. The minimum Gasteiger partial charge on any atom is -0.357 e. The molecule has 0 unspecified atom stereocenters. The maximum Gasteiger partial charge on any atom is 0.146 e. The van der Waals surface area contributed by atoms with Gasteiger partial charge in [0.05, 0.1) is 13.2 Å². The number of fused-ring (bicyclic) bond motifs is 3. The van der Waals surface area contributed by atoms with Crippen LogP contribution in [0.1, 0.15) is 23.7 Å². The summed E-state index contributed by atoms with van der Waals surface area (Å²) < 4.78 is 10.8. The van der Waals surface area contributed by atoms with Gasteiger partial charge in [0.1, 0.15) is 6.79 Å². The van der Waals surface area contributed by atoms with Crippen molar-refractivity contribution in [3.63, 3.8) is 0 Å². The summed E-state index contributed by atoms with van der Waals surface area (Å²) in [6, 6.07) is 6.42. The van der Waals surface area contributed by atoms with Crippen molar-refractivity contribution in [1.29, 1.82) is 0 Å². The quantitative estimate of drug-likeness (QED) is 0.896. The molecule has 112 valence electrons. The van der Waals surface area contributed by atoms with Gasteiger partial charge in [0.15, 0.2) is 0 Å². The van der Waals surface area contributed by atoms with Gasteiger partial charge in [-0.05, 0) is 43.1 Å². The molecule has 4 rings (SSSR count). The smallest absolute Gasteiger partial charge is 0.146 e. The fourth-order valence-corrected chi connectivity index (χ4v) is 3.66. The van der Waals surface area contributed by atoms with Crippen molar-refractivity contribution in [2.45, 2.75) is 18.9 Å². The van der Waals surface area contributed by atoms with Gasteiger partial charge in [0.2, 0.25) is 0 Å². The Morgan fingerprint density at radius 1 is 1.24 bits per heavy atom. The molecule has 0 amide bonds. The van der Waals surface area contributed by atoms with Gasteiger partial charge in [-0.3, -0.25) is 0 Å². The zero-order valence-corrected chi connectivity index (χ0v) is 12.6. The SMILES string of the molecule is Clc1ccc2[nH]c3c(c2c1)CCN[C@H]3CC1COCOC1. The van der Waals surface area contributed by atoms with Gasteiger partial charge in [0.25, 0.3) is 0 Å². The number of halogens is 1. The Kier molecular flexibility index (Phi) is 3.63. The van der Waals surface area contributed by atoms with E-state index in [-0.39, 0.29) is 0 Å². The van der Waals surface area contributed by atoms with Crippen molar-refractivity contribution in [1.82, 2.24) is 10.3 Å². The monoisotopic (exact) mass is 306 g/mol. The first-order valence-corrected chi connectivity index (χ1v) is 7.88. The second-order valence-corrected chi connectivity index (χ2v) is 6.36. The van der Waals surface area contributed by atoms with Crippen molar-refractivity contribution in [3.05, 3.63) is 34.5 Å². The summed E-state index contributed by atoms with van der Waals surface area (Å²) in [7, 11) is 0. The molecule has 0 radical (unpaired) electrons. The molecule has 5 heteroatoms. The topological polar surface area (TPSA) is 46.3 Å². The Balaban J connectivity index is 1.65. The van der Waals surface area contributed by atoms with Crippen molar-refractivity contribution >= 4 is 22.5 Å². The number of H-pyrrole nitrogens is 1. The molecule has 1 aromatic heterocycles. The summed E-state index contributed by atoms with van der Waals surface area (Å²) in [6.45, 7) is 3.02. The largest absolute Gasteiger partial charge is 0.357 e. The van der Waals surface area contributed by atoms with Gasteiger partial charge < -0.3 is 19.8 Å². The summed E-state index contributed by atoms with van der Waals surface area (Å²) in [6.07, 6.45) is 2.08. The van der Waals surface area contributed by atoms with Crippen LogP contribution in [-0.2, 0) is 15.9 Å². The first-order valence-electron chi connectivity index (χ1n) is 7.50. The van der Waals surface area contributed by atoms with Gasteiger partial charge >= 0.3 is 0 Å². The molecule has 0 saturated carbocycles. The normalized spacial score (nSPS) is 23.4. The predicted molar refractivity (Wildman–Crippen MR) is 82.6 cm³/mol. The number of nitrogens with one attached hydrogen (secondary N) is 2. The van der Waals surface area contributed by atoms with Crippen molar-refractivity contribution < 1.29 is 9.47 Å². The van der Waals surface area contributed by atoms with E-state index >= 15 is 0 Å². The van der Waals surface area contributed by atoms with Crippen LogP contribution in [-0.4, -0.2) is 31.5 Å². The van der Waals surface area contributed by atoms with E-state index in [2.05, 4.69) is 22.4 Å². The minimum absolute atomic E-state index is 0.343. The van der Waals surface area contributed by atoms with E-state index < -0.39 is 0 Å². The van der Waals surface area contributed by atoms with E-state index in [0.29, 0.717) is 18.8 Å². The van der Waals surface area contributed by atoms with Crippen LogP contribution in [0, 0.1) is 5.92 Å². The fourth-order valence-electron chi connectivity index (χ4n) is 3.49. The standard InChI is InChI=1S/C16H19ClN2O2/c17-11-1-2-14-13(6-11)12-3-4-18-15(16(12)19-14)5-10-7-20-9-21-8-10/h1-2,6,10,15,18-19H,3-5,7-9H2/t15-/m0/s1. The average Bonchev–Trinajstić information content (AvgIpc) is 2.88. The Morgan fingerprint density at radius 2 is 2.10 bits per heavy atom. The summed E-state index contributed by atoms with van der Waals surface area (Å²) in [4.78, 5) is 3.58. The highest BCUT2D eigenvalue weighted by Gasteiger charge is 2.27. The molecule has 2 aromatic rings. The van der Waals surface area contributed by atoms with Gasteiger partial charge in [-0.1, -0.05) is 11.6 Å². The van der Waals surface area contributed by atoms with Crippen LogP contribution in [0.5, 0.6) is 0 Å². The van der Waals surface area contributed by atoms with E-state index in [1.165, 1.54) is 22.2 Å². The molecule has 4 nitrogen and oxygen atoms in total. The number of hydrogen-bond acceptors (Lipinski definition) is 3. The highest BCUT2D eigenvalue weighted by molar-refractivity contribution is 6.31. The predicted octanol–water partition coefficient (Wildman–Crippen LogP) is 3.02. The minimum atomic E-state index is 0.343. The third-order valence-corrected chi connectivity index (χ3v) is 4.69. The lowest BCUT2D eigenvalue weighted by Crippen LogP contribution is -2.34. The molecular formula is C16H19ClN2O2. The van der Waals surface area contributed by atoms with Gasteiger partial charge in [-0.2, -0.15) is 0 Å². The molecule has 0 bridgehead atoms. The van der Waals surface area contributed by atoms with Gasteiger partial charge in [0, 0.05) is 33.6 Å². The zero-order chi connectivity index (χ0) is 14.2. The number of ether oxygens (including phenoxy) is 2. The van der Waals surface area contributed by atoms with Crippen LogP contribution in [0.25, 0.3) is 10.9 Å². The Bertz CT molecular complexity index is 649. The zero-order valence-electron chi connectivity index (χ0n) is 11.8. The van der Waals surface area contributed by atoms with Crippen molar-refractivity contribution in [2.24, 2.45) is 5.92 Å². The molecule has 1 atom stereocenters. The van der Waals surface area contributed by atoms with Crippen LogP contribution in [0.15, 0.2) is 18.2 Å². The summed E-state index contributed by atoms with van der Waals surface area (Å²) in [5.41, 5.74) is 3.90. The lowest BCUT2D eigenvalue weighted by Gasteiger charge is -2.30. The molecule has 0 aliphatic carbocycles.